The molecule has 1 aliphatic rings. The van der Waals surface area contributed by atoms with Gasteiger partial charge in [-0.3, -0.25) is 0 Å². The van der Waals surface area contributed by atoms with Crippen molar-refractivity contribution in [2.45, 2.75) is 50.0 Å². The van der Waals surface area contributed by atoms with Crippen molar-refractivity contribution in [1.29, 1.82) is 0 Å². The lowest BCUT2D eigenvalue weighted by molar-refractivity contribution is 0.232. The highest BCUT2D eigenvalue weighted by Gasteiger charge is 2.32. The Balaban J connectivity index is 2.21. The van der Waals surface area contributed by atoms with E-state index >= 15 is 0 Å². The molecule has 4 nitrogen and oxygen atoms in total. The molecule has 1 aromatic carbocycles. The number of nitrogens with zero attached hydrogens (tertiary/aromatic N) is 1. The van der Waals surface area contributed by atoms with E-state index in [0.29, 0.717) is 5.92 Å². The zero-order valence-corrected chi connectivity index (χ0v) is 13.4. The highest BCUT2D eigenvalue weighted by atomic mass is 32.2. The zero-order chi connectivity index (χ0) is 15.6. The molecule has 1 aliphatic carbocycles. The van der Waals surface area contributed by atoms with Crippen LogP contribution in [0.1, 0.15) is 39.0 Å². The third kappa shape index (κ3) is 3.37. The van der Waals surface area contributed by atoms with Gasteiger partial charge in [-0.05, 0) is 49.8 Å². The fourth-order valence-corrected chi connectivity index (χ4v) is 4.50. The van der Waals surface area contributed by atoms with Crippen molar-refractivity contribution < 1.29 is 12.8 Å². The Kier molecular flexibility index (Phi) is 4.88. The normalized spacial score (nSPS) is 23.4. The van der Waals surface area contributed by atoms with Crippen LogP contribution in [0.25, 0.3) is 0 Å². The molecule has 0 unspecified atom stereocenters. The molecule has 0 heterocycles. The summed E-state index contributed by atoms with van der Waals surface area (Å²) < 4.78 is 40.3. The molecule has 1 fully saturated rings. The fourth-order valence-electron chi connectivity index (χ4n) is 2.99. The summed E-state index contributed by atoms with van der Waals surface area (Å²) in [5, 5.41) is 0. The van der Waals surface area contributed by atoms with E-state index in [9.17, 15) is 12.8 Å². The first-order valence-electron chi connectivity index (χ1n) is 7.39. The minimum atomic E-state index is -3.84. The molecule has 0 radical (unpaired) electrons. The fraction of sp³-hybridized carbons (Fsp3) is 0.600. The first kappa shape index (κ1) is 16.2. The molecule has 0 amide bonds. The van der Waals surface area contributed by atoms with Crippen LogP contribution in [0.2, 0.25) is 0 Å². The average Bonchev–Trinajstić information content (AvgIpc) is 2.49. The van der Waals surface area contributed by atoms with Crippen LogP contribution < -0.4 is 5.73 Å². The van der Waals surface area contributed by atoms with Gasteiger partial charge in [0.15, 0.2) is 0 Å². The van der Waals surface area contributed by atoms with E-state index in [1.807, 2.05) is 0 Å². The Hall–Kier alpha value is -1.14. The maximum Gasteiger partial charge on any atom is 0.246 e. The highest BCUT2D eigenvalue weighted by molar-refractivity contribution is 7.89. The smallest absolute Gasteiger partial charge is 0.246 e. The van der Waals surface area contributed by atoms with Crippen molar-refractivity contribution in [1.82, 2.24) is 4.31 Å². The van der Waals surface area contributed by atoms with Gasteiger partial charge in [0.1, 0.15) is 10.7 Å². The van der Waals surface area contributed by atoms with E-state index in [-0.39, 0.29) is 16.6 Å². The molecule has 2 rings (SSSR count). The lowest BCUT2D eigenvalue weighted by atomic mass is 9.85. The van der Waals surface area contributed by atoms with Crippen LogP contribution in [-0.4, -0.2) is 25.8 Å². The van der Waals surface area contributed by atoms with E-state index in [0.717, 1.165) is 38.2 Å². The van der Waals surface area contributed by atoms with Crippen molar-refractivity contribution in [2.24, 2.45) is 5.92 Å². The van der Waals surface area contributed by atoms with Gasteiger partial charge in [-0.25, -0.2) is 12.8 Å². The Morgan fingerprint density at radius 1 is 1.29 bits per heavy atom. The minimum absolute atomic E-state index is 0.0568. The minimum Gasteiger partial charge on any atom is -0.399 e. The van der Waals surface area contributed by atoms with Crippen molar-refractivity contribution in [3.8, 4) is 0 Å². The second-order valence-corrected chi connectivity index (χ2v) is 7.76. The summed E-state index contributed by atoms with van der Waals surface area (Å²) in [4.78, 5) is -0.331. The number of anilines is 1. The van der Waals surface area contributed by atoms with E-state index < -0.39 is 15.8 Å². The summed E-state index contributed by atoms with van der Waals surface area (Å²) in [6, 6.07) is 3.60. The number of nitrogens with two attached hydrogens (primary N) is 1. The average molecular weight is 314 g/mol. The van der Waals surface area contributed by atoms with Gasteiger partial charge in [-0.15, -0.1) is 0 Å². The quantitative estimate of drug-likeness (QED) is 0.869. The summed E-state index contributed by atoms with van der Waals surface area (Å²) in [6.07, 6.45) is 4.85. The molecule has 2 N–H and O–H groups in total. The molecule has 1 aromatic rings. The number of sulfonamides is 1. The van der Waals surface area contributed by atoms with Gasteiger partial charge < -0.3 is 5.73 Å². The molecule has 0 aliphatic heterocycles. The summed E-state index contributed by atoms with van der Waals surface area (Å²) >= 11 is 0. The monoisotopic (exact) mass is 314 g/mol. The largest absolute Gasteiger partial charge is 0.399 e. The predicted octanol–water partition coefficient (Wildman–Crippen LogP) is 3.00. The van der Waals surface area contributed by atoms with E-state index in [1.54, 1.807) is 0 Å². The Labute approximate surface area is 126 Å². The lowest BCUT2D eigenvalue weighted by Gasteiger charge is -2.33. The van der Waals surface area contributed by atoms with Gasteiger partial charge >= 0.3 is 0 Å². The van der Waals surface area contributed by atoms with Crippen molar-refractivity contribution >= 4 is 15.7 Å². The lowest BCUT2D eigenvalue weighted by Crippen LogP contribution is -2.39. The molecule has 21 heavy (non-hydrogen) atoms. The number of hydrogen-bond acceptors (Lipinski definition) is 3. The zero-order valence-electron chi connectivity index (χ0n) is 12.5. The molecule has 0 saturated heterocycles. The number of halogens is 1. The van der Waals surface area contributed by atoms with Crippen LogP contribution in [0.5, 0.6) is 0 Å². The second kappa shape index (κ2) is 6.32. The van der Waals surface area contributed by atoms with Gasteiger partial charge in [0.2, 0.25) is 10.0 Å². The van der Waals surface area contributed by atoms with Crippen LogP contribution >= 0.6 is 0 Å². The van der Waals surface area contributed by atoms with E-state index in [4.69, 9.17) is 5.73 Å². The number of hydrogen-bond donors (Lipinski definition) is 1. The molecular formula is C15H23FN2O2S. The van der Waals surface area contributed by atoms with Gasteiger partial charge in [-0.1, -0.05) is 13.3 Å². The van der Waals surface area contributed by atoms with Crippen LogP contribution in [0.4, 0.5) is 10.1 Å². The second-order valence-electron chi connectivity index (χ2n) is 5.79. The van der Waals surface area contributed by atoms with Crippen LogP contribution in [0, 0.1) is 11.7 Å². The first-order chi connectivity index (χ1) is 9.86. The van der Waals surface area contributed by atoms with Crippen LogP contribution in [0.3, 0.4) is 0 Å². The van der Waals surface area contributed by atoms with E-state index in [1.165, 1.54) is 23.5 Å². The van der Waals surface area contributed by atoms with Crippen LogP contribution in [0.15, 0.2) is 23.1 Å². The SMILES string of the molecule is CCC1CCC(N(C)S(=O)(=O)c2cc(N)ccc2F)CC1. The molecule has 0 bridgehead atoms. The van der Waals surface area contributed by atoms with Gasteiger partial charge in [-0.2, -0.15) is 4.31 Å². The summed E-state index contributed by atoms with van der Waals surface area (Å²) in [5.41, 5.74) is 5.84. The Morgan fingerprint density at radius 2 is 1.90 bits per heavy atom. The van der Waals surface area contributed by atoms with Crippen molar-refractivity contribution in [3.05, 3.63) is 24.0 Å². The van der Waals surface area contributed by atoms with Gasteiger partial charge in [0.05, 0.1) is 0 Å². The van der Waals surface area contributed by atoms with Crippen LogP contribution in [-0.2, 0) is 10.0 Å². The van der Waals surface area contributed by atoms with Crippen molar-refractivity contribution in [3.63, 3.8) is 0 Å². The summed E-state index contributed by atoms with van der Waals surface area (Å²) in [6.45, 7) is 2.16. The number of nitrogen functional groups attached to an aromatic ring is 1. The molecule has 0 aromatic heterocycles. The number of benzene rings is 1. The van der Waals surface area contributed by atoms with E-state index in [2.05, 4.69) is 6.92 Å². The van der Waals surface area contributed by atoms with Gasteiger partial charge in [0, 0.05) is 18.8 Å². The molecule has 1 saturated carbocycles. The third-order valence-corrected chi connectivity index (χ3v) is 6.45. The molecule has 0 atom stereocenters. The Bertz CT molecular complexity index is 596. The topological polar surface area (TPSA) is 63.4 Å². The van der Waals surface area contributed by atoms with Gasteiger partial charge in [0.25, 0.3) is 0 Å². The Morgan fingerprint density at radius 3 is 2.48 bits per heavy atom. The molecule has 118 valence electrons. The number of rotatable bonds is 4. The maximum atomic E-state index is 13.8. The standard InChI is InChI=1S/C15H23FN2O2S/c1-3-11-4-7-13(8-5-11)18(2)21(19,20)15-10-12(17)6-9-14(15)16/h6,9-11,13H,3-5,7-8,17H2,1-2H3. The van der Waals surface area contributed by atoms with Crippen molar-refractivity contribution in [2.75, 3.05) is 12.8 Å². The maximum absolute atomic E-state index is 13.8. The molecule has 6 heteroatoms. The predicted molar refractivity (Wildman–Crippen MR) is 81.8 cm³/mol. The summed E-state index contributed by atoms with van der Waals surface area (Å²) in [5.74, 6) is -0.0697. The molecule has 0 spiro atoms. The third-order valence-electron chi connectivity index (χ3n) is 4.52. The molecular weight excluding hydrogens is 291 g/mol. The first-order valence-corrected chi connectivity index (χ1v) is 8.83. The highest BCUT2D eigenvalue weighted by Crippen LogP contribution is 2.32. The summed E-state index contributed by atoms with van der Waals surface area (Å²) in [7, 11) is -2.30.